The number of benzene rings is 1. The van der Waals surface area contributed by atoms with E-state index in [2.05, 4.69) is 11.8 Å². The number of hydrogen-bond donors (Lipinski definition) is 1. The number of rotatable bonds is 3. The predicted molar refractivity (Wildman–Crippen MR) is 77.7 cm³/mol. The summed E-state index contributed by atoms with van der Waals surface area (Å²) in [5.41, 5.74) is 7.44. The lowest BCUT2D eigenvalue weighted by Gasteiger charge is -2.21. The minimum absolute atomic E-state index is 0.293. The molecular formula is C13H21N3O2S. The second-order valence-corrected chi connectivity index (χ2v) is 7.50. The van der Waals surface area contributed by atoms with Crippen LogP contribution in [0.2, 0.25) is 0 Å². The molecule has 1 aromatic carbocycles. The number of nitrogens with two attached hydrogens (primary N) is 1. The Hall–Kier alpha value is -1.27. The number of hydrogen-bond acceptors (Lipinski definition) is 4. The molecule has 0 spiro atoms. The van der Waals surface area contributed by atoms with Crippen molar-refractivity contribution in [3.63, 3.8) is 0 Å². The fraction of sp³-hybridized carbons (Fsp3) is 0.538. The van der Waals surface area contributed by atoms with E-state index in [1.807, 2.05) is 0 Å². The molecule has 19 heavy (non-hydrogen) atoms. The van der Waals surface area contributed by atoms with Crippen molar-refractivity contribution in [3.05, 3.63) is 18.2 Å². The van der Waals surface area contributed by atoms with Crippen molar-refractivity contribution in [1.82, 2.24) is 4.31 Å². The molecule has 106 valence electrons. The van der Waals surface area contributed by atoms with E-state index in [1.165, 1.54) is 18.4 Å². The highest BCUT2D eigenvalue weighted by Crippen LogP contribution is 2.31. The average molecular weight is 283 g/mol. The number of sulfonamides is 1. The monoisotopic (exact) mass is 283 g/mol. The molecule has 0 bridgehead atoms. The molecule has 0 aliphatic carbocycles. The van der Waals surface area contributed by atoms with Crippen LogP contribution in [-0.4, -0.2) is 39.9 Å². The largest absolute Gasteiger partial charge is 0.397 e. The second-order valence-electron chi connectivity index (χ2n) is 5.35. The Balaban J connectivity index is 2.41. The van der Waals surface area contributed by atoms with Gasteiger partial charge in [0.15, 0.2) is 0 Å². The van der Waals surface area contributed by atoms with Gasteiger partial charge in [0.2, 0.25) is 10.0 Å². The lowest BCUT2D eigenvalue weighted by molar-refractivity contribution is 0.521. The van der Waals surface area contributed by atoms with Gasteiger partial charge in [0.1, 0.15) is 0 Å². The van der Waals surface area contributed by atoms with Crippen molar-refractivity contribution in [1.29, 1.82) is 0 Å². The summed E-state index contributed by atoms with van der Waals surface area (Å²) in [6.07, 6.45) is 1.12. The molecule has 0 radical (unpaired) electrons. The molecule has 1 unspecified atom stereocenters. The Labute approximate surface area is 115 Å². The Kier molecular flexibility index (Phi) is 3.73. The molecule has 0 saturated carbocycles. The first-order valence-electron chi connectivity index (χ1n) is 6.39. The van der Waals surface area contributed by atoms with Gasteiger partial charge in [-0.3, -0.25) is 0 Å². The van der Waals surface area contributed by atoms with Crippen molar-refractivity contribution in [2.24, 2.45) is 5.92 Å². The molecule has 5 nitrogen and oxygen atoms in total. The van der Waals surface area contributed by atoms with Crippen LogP contribution < -0.4 is 10.6 Å². The quantitative estimate of drug-likeness (QED) is 0.851. The van der Waals surface area contributed by atoms with E-state index in [0.29, 0.717) is 16.5 Å². The predicted octanol–water partition coefficient (Wildman–Crippen LogP) is 1.37. The molecule has 1 aliphatic heterocycles. The second kappa shape index (κ2) is 5.02. The third-order valence-corrected chi connectivity index (χ3v) is 5.36. The van der Waals surface area contributed by atoms with Gasteiger partial charge < -0.3 is 10.6 Å². The van der Waals surface area contributed by atoms with E-state index in [0.717, 1.165) is 25.2 Å². The maximum atomic E-state index is 12.1. The standard InChI is InChI=1S/C13H21N3O2S/c1-10-6-7-16(9-10)13-8-11(4-5-12(13)14)19(17,18)15(2)3/h4-5,8,10H,6-7,9,14H2,1-3H3. The van der Waals surface area contributed by atoms with E-state index in [4.69, 9.17) is 5.73 Å². The van der Waals surface area contributed by atoms with E-state index >= 15 is 0 Å². The highest BCUT2D eigenvalue weighted by Gasteiger charge is 2.23. The summed E-state index contributed by atoms with van der Waals surface area (Å²) >= 11 is 0. The van der Waals surface area contributed by atoms with Crippen LogP contribution >= 0.6 is 0 Å². The van der Waals surface area contributed by atoms with Crippen molar-refractivity contribution in [3.8, 4) is 0 Å². The van der Waals surface area contributed by atoms with Crippen LogP contribution in [0.4, 0.5) is 11.4 Å². The summed E-state index contributed by atoms with van der Waals surface area (Å²) in [6.45, 7) is 4.04. The zero-order valence-electron chi connectivity index (χ0n) is 11.6. The molecule has 1 saturated heterocycles. The summed E-state index contributed by atoms with van der Waals surface area (Å²) in [7, 11) is -0.346. The van der Waals surface area contributed by atoms with Crippen LogP contribution in [-0.2, 0) is 10.0 Å². The minimum Gasteiger partial charge on any atom is -0.397 e. The van der Waals surface area contributed by atoms with Crippen LogP contribution in [0.15, 0.2) is 23.1 Å². The third kappa shape index (κ3) is 2.69. The first-order valence-corrected chi connectivity index (χ1v) is 7.83. The fourth-order valence-corrected chi connectivity index (χ4v) is 3.24. The Bertz CT molecular complexity index is 569. The molecule has 2 rings (SSSR count). The maximum absolute atomic E-state index is 12.1. The first-order chi connectivity index (χ1) is 8.82. The van der Waals surface area contributed by atoms with E-state index in [9.17, 15) is 8.42 Å². The molecule has 0 aromatic heterocycles. The van der Waals surface area contributed by atoms with Crippen molar-refractivity contribution >= 4 is 21.4 Å². The Morgan fingerprint density at radius 3 is 2.58 bits per heavy atom. The zero-order chi connectivity index (χ0) is 14.2. The highest BCUT2D eigenvalue weighted by atomic mass is 32.2. The molecule has 2 N–H and O–H groups in total. The van der Waals surface area contributed by atoms with Crippen LogP contribution in [0.25, 0.3) is 0 Å². The topological polar surface area (TPSA) is 66.6 Å². The molecule has 1 atom stereocenters. The lowest BCUT2D eigenvalue weighted by Crippen LogP contribution is -2.24. The van der Waals surface area contributed by atoms with Gasteiger partial charge in [-0.05, 0) is 30.5 Å². The van der Waals surface area contributed by atoms with Gasteiger partial charge in [0, 0.05) is 27.2 Å². The molecule has 1 aromatic rings. The van der Waals surface area contributed by atoms with Crippen LogP contribution in [0, 0.1) is 5.92 Å². The Morgan fingerprint density at radius 1 is 1.37 bits per heavy atom. The molecule has 1 fully saturated rings. The summed E-state index contributed by atoms with van der Waals surface area (Å²) in [5.74, 6) is 0.619. The highest BCUT2D eigenvalue weighted by molar-refractivity contribution is 7.89. The first kappa shape index (κ1) is 14.1. The molecule has 1 heterocycles. The Morgan fingerprint density at radius 2 is 2.05 bits per heavy atom. The lowest BCUT2D eigenvalue weighted by atomic mass is 10.2. The van der Waals surface area contributed by atoms with Crippen LogP contribution in [0.5, 0.6) is 0 Å². The van der Waals surface area contributed by atoms with Gasteiger partial charge >= 0.3 is 0 Å². The SMILES string of the molecule is CC1CCN(c2cc(S(=O)(=O)N(C)C)ccc2N)C1. The number of nitrogen functional groups attached to an aromatic ring is 1. The van der Waals surface area contributed by atoms with Gasteiger partial charge in [-0.25, -0.2) is 12.7 Å². The van der Waals surface area contributed by atoms with E-state index < -0.39 is 10.0 Å². The normalized spacial score (nSPS) is 20.2. The summed E-state index contributed by atoms with van der Waals surface area (Å²) in [6, 6.07) is 4.92. The van der Waals surface area contributed by atoms with Gasteiger partial charge in [-0.15, -0.1) is 0 Å². The summed E-state index contributed by atoms with van der Waals surface area (Å²) in [5, 5.41) is 0. The average Bonchev–Trinajstić information content (AvgIpc) is 2.75. The third-order valence-electron chi connectivity index (χ3n) is 3.55. The van der Waals surface area contributed by atoms with Gasteiger partial charge in [-0.2, -0.15) is 0 Å². The van der Waals surface area contributed by atoms with Gasteiger partial charge in [-0.1, -0.05) is 6.92 Å². The molecule has 6 heteroatoms. The summed E-state index contributed by atoms with van der Waals surface area (Å²) in [4.78, 5) is 2.45. The number of nitrogens with zero attached hydrogens (tertiary/aromatic N) is 2. The van der Waals surface area contributed by atoms with Crippen LogP contribution in [0.1, 0.15) is 13.3 Å². The van der Waals surface area contributed by atoms with Gasteiger partial charge in [0.05, 0.1) is 16.3 Å². The molecular weight excluding hydrogens is 262 g/mol. The van der Waals surface area contributed by atoms with Crippen molar-refractivity contribution in [2.45, 2.75) is 18.2 Å². The smallest absolute Gasteiger partial charge is 0.242 e. The molecule has 0 amide bonds. The fourth-order valence-electron chi connectivity index (χ4n) is 2.32. The maximum Gasteiger partial charge on any atom is 0.242 e. The van der Waals surface area contributed by atoms with E-state index in [-0.39, 0.29) is 0 Å². The van der Waals surface area contributed by atoms with Crippen molar-refractivity contribution < 1.29 is 8.42 Å². The van der Waals surface area contributed by atoms with Gasteiger partial charge in [0.25, 0.3) is 0 Å². The summed E-state index contributed by atoms with van der Waals surface area (Å²) < 4.78 is 25.5. The zero-order valence-corrected chi connectivity index (χ0v) is 12.4. The van der Waals surface area contributed by atoms with Crippen LogP contribution in [0.3, 0.4) is 0 Å². The molecule has 1 aliphatic rings. The van der Waals surface area contributed by atoms with Crippen molar-refractivity contribution in [2.75, 3.05) is 37.8 Å². The van der Waals surface area contributed by atoms with E-state index in [1.54, 1.807) is 18.2 Å². The number of anilines is 2. The minimum atomic E-state index is -3.41.